The monoisotopic (exact) mass is 544 g/mol. The van der Waals surface area contributed by atoms with E-state index in [-0.39, 0.29) is 29.6 Å². The summed E-state index contributed by atoms with van der Waals surface area (Å²) in [6.45, 7) is 0.630. The first-order valence-corrected chi connectivity index (χ1v) is 11.9. The normalized spacial score (nSPS) is 11.9. The van der Waals surface area contributed by atoms with Crippen molar-refractivity contribution < 1.29 is 32.6 Å². The molecule has 2 aromatic carbocycles. The third kappa shape index (κ3) is 8.44. The van der Waals surface area contributed by atoms with E-state index in [1.807, 2.05) is 0 Å². The van der Waals surface area contributed by atoms with Crippen molar-refractivity contribution in [2.45, 2.75) is 23.8 Å². The van der Waals surface area contributed by atoms with Crippen LogP contribution in [0.25, 0.3) is 0 Å². The predicted molar refractivity (Wildman–Crippen MR) is 124 cm³/mol. The van der Waals surface area contributed by atoms with Gasteiger partial charge in [-0.15, -0.1) is 0 Å². The number of nitrogens with one attached hydrogen (secondary N) is 1. The molecule has 0 aromatic heterocycles. The van der Waals surface area contributed by atoms with E-state index in [1.54, 1.807) is 30.3 Å². The van der Waals surface area contributed by atoms with Crippen LogP contribution in [0.1, 0.15) is 12.0 Å². The molecule has 0 aliphatic heterocycles. The predicted octanol–water partition coefficient (Wildman–Crippen LogP) is 1.41. The van der Waals surface area contributed by atoms with Gasteiger partial charge in [0.2, 0.25) is 16.0 Å². The lowest BCUT2D eigenvalue weighted by atomic mass is 10.1. The summed E-state index contributed by atoms with van der Waals surface area (Å²) >= 11 is 3.21. The maximum Gasteiger partial charge on any atom is 0.322 e. The number of carbonyl (C=O) groups is 1. The highest BCUT2D eigenvalue weighted by molar-refractivity contribution is 9.10. The highest BCUT2D eigenvalue weighted by Crippen LogP contribution is 2.27. The van der Waals surface area contributed by atoms with Crippen LogP contribution in [-0.4, -0.2) is 51.8 Å². The highest BCUT2D eigenvalue weighted by Gasteiger charge is 2.28. The number of rotatable bonds is 13. The number of hydrogen-bond acceptors (Lipinski definition) is 7. The van der Waals surface area contributed by atoms with E-state index < -0.39 is 22.0 Å². The molecule has 1 unspecified atom stereocenters. The molecular formula is C20H25BrN4O7S. The minimum atomic E-state index is -4.17. The van der Waals surface area contributed by atoms with Gasteiger partial charge in [0.15, 0.2) is 0 Å². The first-order valence-electron chi connectivity index (χ1n) is 9.63. The molecule has 1 atom stereocenters. The second-order valence-electron chi connectivity index (χ2n) is 6.71. The number of benzene rings is 2. The smallest absolute Gasteiger partial charge is 0.322 e. The van der Waals surface area contributed by atoms with E-state index in [0.717, 1.165) is 0 Å². The van der Waals surface area contributed by atoms with Crippen molar-refractivity contribution in [1.29, 1.82) is 0 Å². The molecule has 0 amide bonds. The first-order chi connectivity index (χ1) is 15.6. The maximum atomic E-state index is 12.8. The number of oxime groups is 1. The number of ether oxygens (including phenoxy) is 2. The largest absolute Gasteiger partial charge is 0.495 e. The van der Waals surface area contributed by atoms with Crippen molar-refractivity contribution in [2.24, 2.45) is 16.6 Å². The number of carboxylic acid groups (broad SMARTS) is 1. The summed E-state index contributed by atoms with van der Waals surface area (Å²) in [5.41, 5.74) is 10.9. The Balaban J connectivity index is 2.00. The molecule has 11 nitrogen and oxygen atoms in total. The minimum absolute atomic E-state index is 0.0719. The fraction of sp³-hybridized carbons (Fsp3) is 0.300. The molecule has 180 valence electrons. The number of methoxy groups -OCH3 is 1. The van der Waals surface area contributed by atoms with Gasteiger partial charge in [-0.25, -0.2) is 8.42 Å². The molecule has 2 aromatic rings. The average molecular weight is 545 g/mol. The number of hydrogen-bond donors (Lipinski definition) is 4. The van der Waals surface area contributed by atoms with Gasteiger partial charge in [0.25, 0.3) is 0 Å². The zero-order valence-corrected chi connectivity index (χ0v) is 20.1. The third-order valence-electron chi connectivity index (χ3n) is 4.19. The van der Waals surface area contributed by atoms with Crippen LogP contribution in [-0.2, 0) is 26.1 Å². The number of sulfonamides is 1. The zero-order valence-electron chi connectivity index (χ0n) is 17.7. The van der Waals surface area contributed by atoms with Gasteiger partial charge >= 0.3 is 5.97 Å². The summed E-state index contributed by atoms with van der Waals surface area (Å²) in [6, 6.07) is 9.69. The van der Waals surface area contributed by atoms with E-state index in [4.69, 9.17) is 25.8 Å². The Morgan fingerprint density at radius 2 is 1.88 bits per heavy atom. The van der Waals surface area contributed by atoms with Gasteiger partial charge in [-0.3, -0.25) is 4.79 Å². The van der Waals surface area contributed by atoms with Crippen molar-refractivity contribution in [1.82, 2.24) is 4.72 Å². The number of nitrogens with two attached hydrogens (primary N) is 2. The van der Waals surface area contributed by atoms with Gasteiger partial charge in [0.05, 0.1) is 13.7 Å². The Morgan fingerprint density at radius 1 is 1.18 bits per heavy atom. The molecule has 6 N–H and O–H groups in total. The Hall–Kier alpha value is -3.03. The standard InChI is InChI=1S/C20H25BrN4O7S/c1-30-17-8-5-14(21)12-18(17)33(28,29)25-16(19(26)27)11-13-3-6-15(7-4-13)31-9-2-10-32-24-20(22)23/h3-8,12,16,25H,2,9-11H2,1H3,(H,26,27)(H4,22,23,24). The summed E-state index contributed by atoms with van der Waals surface area (Å²) in [5, 5.41) is 13.0. The molecule has 13 heteroatoms. The van der Waals surface area contributed by atoms with Gasteiger partial charge in [-0.1, -0.05) is 28.1 Å². The van der Waals surface area contributed by atoms with Crippen molar-refractivity contribution in [3.8, 4) is 11.5 Å². The van der Waals surface area contributed by atoms with Crippen LogP contribution in [0.2, 0.25) is 0 Å². The lowest BCUT2D eigenvalue weighted by Crippen LogP contribution is -2.42. The molecule has 0 aliphatic carbocycles. The van der Waals surface area contributed by atoms with Crippen LogP contribution < -0.4 is 25.7 Å². The summed E-state index contributed by atoms with van der Waals surface area (Å²) in [5.74, 6) is -0.815. The zero-order chi connectivity index (χ0) is 24.4. The molecular weight excluding hydrogens is 520 g/mol. The van der Waals surface area contributed by atoms with Crippen molar-refractivity contribution in [2.75, 3.05) is 20.3 Å². The molecule has 0 spiro atoms. The number of carboxylic acids is 1. The van der Waals surface area contributed by atoms with Gasteiger partial charge < -0.3 is 30.9 Å². The van der Waals surface area contributed by atoms with E-state index >= 15 is 0 Å². The van der Waals surface area contributed by atoms with Gasteiger partial charge in [0.1, 0.15) is 29.0 Å². The molecule has 0 saturated heterocycles. The van der Waals surface area contributed by atoms with E-state index in [1.165, 1.54) is 19.2 Å². The number of halogens is 1. The topological polar surface area (TPSA) is 176 Å². The molecule has 0 bridgehead atoms. The van der Waals surface area contributed by atoms with Gasteiger partial charge in [-0.05, 0) is 47.5 Å². The number of guanidine groups is 1. The number of aliphatic carboxylic acids is 1. The van der Waals surface area contributed by atoms with Gasteiger partial charge in [0, 0.05) is 10.9 Å². The lowest BCUT2D eigenvalue weighted by molar-refractivity contribution is -0.138. The fourth-order valence-electron chi connectivity index (χ4n) is 2.68. The number of nitrogens with zero attached hydrogens (tertiary/aromatic N) is 1. The molecule has 0 saturated carbocycles. The molecule has 0 aliphatic rings. The van der Waals surface area contributed by atoms with Crippen LogP contribution in [0.5, 0.6) is 11.5 Å². The van der Waals surface area contributed by atoms with Crippen molar-refractivity contribution in [3.05, 3.63) is 52.5 Å². The van der Waals surface area contributed by atoms with Crippen LogP contribution in [0.3, 0.4) is 0 Å². The molecule has 0 heterocycles. The minimum Gasteiger partial charge on any atom is -0.495 e. The Kier molecular flexibility index (Phi) is 9.75. The van der Waals surface area contributed by atoms with E-state index in [0.29, 0.717) is 28.8 Å². The Labute approximate surface area is 199 Å². The van der Waals surface area contributed by atoms with E-state index in [9.17, 15) is 18.3 Å². The summed E-state index contributed by atoms with van der Waals surface area (Å²) in [4.78, 5) is 16.4. The van der Waals surface area contributed by atoms with Crippen LogP contribution in [0.4, 0.5) is 0 Å². The van der Waals surface area contributed by atoms with Crippen LogP contribution in [0.15, 0.2) is 57.0 Å². The third-order valence-corrected chi connectivity index (χ3v) is 6.18. The highest BCUT2D eigenvalue weighted by atomic mass is 79.9. The Bertz CT molecular complexity index is 1070. The summed E-state index contributed by atoms with van der Waals surface area (Å²) in [6.07, 6.45) is 0.470. The van der Waals surface area contributed by atoms with Crippen molar-refractivity contribution >= 4 is 37.9 Å². The molecule has 33 heavy (non-hydrogen) atoms. The second-order valence-corrected chi connectivity index (χ2v) is 9.30. The molecule has 0 radical (unpaired) electrons. The maximum absolute atomic E-state index is 12.8. The van der Waals surface area contributed by atoms with Crippen molar-refractivity contribution in [3.63, 3.8) is 0 Å². The Morgan fingerprint density at radius 3 is 2.48 bits per heavy atom. The SMILES string of the molecule is COc1ccc(Br)cc1S(=O)(=O)NC(Cc1ccc(OCCCON=C(N)N)cc1)C(=O)O. The van der Waals surface area contributed by atoms with Crippen LogP contribution in [0, 0.1) is 0 Å². The summed E-state index contributed by atoms with van der Waals surface area (Å²) in [7, 11) is -2.84. The quantitative estimate of drug-likeness (QED) is 0.125. The fourth-order valence-corrected chi connectivity index (χ4v) is 4.58. The molecule has 0 fully saturated rings. The van der Waals surface area contributed by atoms with Crippen LogP contribution >= 0.6 is 15.9 Å². The summed E-state index contributed by atoms with van der Waals surface area (Å²) < 4.78 is 39.1. The average Bonchev–Trinajstić information content (AvgIpc) is 2.76. The second kappa shape index (κ2) is 12.3. The molecule has 2 rings (SSSR count). The van der Waals surface area contributed by atoms with E-state index in [2.05, 4.69) is 25.8 Å². The lowest BCUT2D eigenvalue weighted by Gasteiger charge is -2.17. The van der Waals surface area contributed by atoms with Gasteiger partial charge in [-0.2, -0.15) is 4.72 Å². The first kappa shape index (κ1) is 26.2.